The smallest absolute Gasteiger partial charge is 0.257 e. The molecule has 2 heterocycles. The second-order valence-electron chi connectivity index (χ2n) is 6.88. The lowest BCUT2D eigenvalue weighted by molar-refractivity contribution is 0.0602. The fourth-order valence-corrected chi connectivity index (χ4v) is 3.58. The molecule has 0 bridgehead atoms. The third-order valence-electron chi connectivity index (χ3n) is 4.92. The van der Waals surface area contributed by atoms with Crippen LogP contribution in [0, 0.1) is 5.41 Å². The van der Waals surface area contributed by atoms with Crippen LogP contribution < -0.4 is 10.1 Å². The van der Waals surface area contributed by atoms with E-state index in [2.05, 4.69) is 5.32 Å². The average molecular weight is 339 g/mol. The summed E-state index contributed by atoms with van der Waals surface area (Å²) in [5.41, 5.74) is 1.13. The van der Waals surface area contributed by atoms with Crippen molar-refractivity contribution in [1.82, 2.24) is 10.2 Å². The lowest BCUT2D eigenvalue weighted by Crippen LogP contribution is -2.44. The molecule has 0 aliphatic carbocycles. The van der Waals surface area contributed by atoms with Crippen molar-refractivity contribution in [2.24, 2.45) is 5.41 Å². The first kappa shape index (κ1) is 18.1. The highest BCUT2D eigenvalue weighted by molar-refractivity contribution is 5.97. The first-order valence-corrected chi connectivity index (χ1v) is 8.35. The Balaban J connectivity index is 0.00000192. The number of ether oxygens (including phenoxy) is 1. The van der Waals surface area contributed by atoms with Gasteiger partial charge in [0.2, 0.25) is 0 Å². The number of carbonyl (C=O) groups is 1. The van der Waals surface area contributed by atoms with E-state index < -0.39 is 0 Å². The van der Waals surface area contributed by atoms with Gasteiger partial charge in [-0.1, -0.05) is 12.1 Å². The number of carbonyl (C=O) groups excluding carboxylic acids is 1. The topological polar surface area (TPSA) is 41.6 Å². The Kier molecular flexibility index (Phi) is 5.93. The molecule has 1 aromatic carbocycles. The maximum atomic E-state index is 12.8. The average Bonchev–Trinajstić information content (AvgIpc) is 2.96. The van der Waals surface area contributed by atoms with Gasteiger partial charge in [-0.05, 0) is 57.2 Å². The predicted molar refractivity (Wildman–Crippen MR) is 94.5 cm³/mol. The van der Waals surface area contributed by atoms with Gasteiger partial charge in [0.1, 0.15) is 5.75 Å². The highest BCUT2D eigenvalue weighted by atomic mass is 35.5. The van der Waals surface area contributed by atoms with Gasteiger partial charge in [0.05, 0.1) is 11.7 Å². The fraction of sp³-hybridized carbons (Fsp3) is 0.611. The molecule has 2 aliphatic heterocycles. The molecule has 23 heavy (non-hydrogen) atoms. The number of piperidine rings is 1. The standard InChI is InChI=1S/C18H26N2O2.ClH/c1-14(2)22-16-6-4-3-5-15(16)17(21)20-11-8-18(9-12-20)7-10-19-13-18;/h3-6,14,19H,7-13H2,1-2H3;1H. The number of rotatable bonds is 3. The van der Waals surface area contributed by atoms with Crippen LogP contribution in [-0.2, 0) is 0 Å². The number of nitrogens with one attached hydrogen (secondary N) is 1. The van der Waals surface area contributed by atoms with Gasteiger partial charge in [-0.15, -0.1) is 12.4 Å². The minimum atomic E-state index is 0. The lowest BCUT2D eigenvalue weighted by atomic mass is 9.78. The first-order chi connectivity index (χ1) is 10.6. The molecule has 2 aliphatic rings. The number of amides is 1. The number of nitrogens with zero attached hydrogens (tertiary/aromatic N) is 1. The van der Waals surface area contributed by atoms with Crippen molar-refractivity contribution in [3.05, 3.63) is 29.8 Å². The molecule has 0 radical (unpaired) electrons. The molecule has 1 amide bonds. The minimum Gasteiger partial charge on any atom is -0.490 e. The lowest BCUT2D eigenvalue weighted by Gasteiger charge is -2.39. The van der Waals surface area contributed by atoms with Crippen LogP contribution in [0.4, 0.5) is 0 Å². The maximum absolute atomic E-state index is 12.8. The van der Waals surface area contributed by atoms with E-state index in [1.807, 2.05) is 43.0 Å². The zero-order chi connectivity index (χ0) is 15.6. The van der Waals surface area contributed by atoms with E-state index in [1.165, 1.54) is 6.42 Å². The van der Waals surface area contributed by atoms with Gasteiger partial charge < -0.3 is 15.0 Å². The molecular weight excluding hydrogens is 312 g/mol. The maximum Gasteiger partial charge on any atom is 0.257 e. The van der Waals surface area contributed by atoms with Gasteiger partial charge in [0.15, 0.2) is 0 Å². The van der Waals surface area contributed by atoms with Crippen LogP contribution in [0.2, 0.25) is 0 Å². The van der Waals surface area contributed by atoms with Crippen LogP contribution in [0.3, 0.4) is 0 Å². The number of hydrogen-bond acceptors (Lipinski definition) is 3. The Hall–Kier alpha value is -1.26. The molecule has 0 atom stereocenters. The SMILES string of the molecule is CC(C)Oc1ccccc1C(=O)N1CCC2(CCNC2)CC1.Cl. The van der Waals surface area contributed by atoms with Crippen LogP contribution in [0.25, 0.3) is 0 Å². The van der Waals surface area contributed by atoms with Crippen LogP contribution in [0.5, 0.6) is 5.75 Å². The third-order valence-corrected chi connectivity index (χ3v) is 4.92. The molecule has 1 aromatic rings. The summed E-state index contributed by atoms with van der Waals surface area (Å²) >= 11 is 0. The van der Waals surface area contributed by atoms with Crippen molar-refractivity contribution in [3.63, 3.8) is 0 Å². The highest BCUT2D eigenvalue weighted by Gasteiger charge is 2.38. The quantitative estimate of drug-likeness (QED) is 0.920. The van der Waals surface area contributed by atoms with Crippen LogP contribution >= 0.6 is 12.4 Å². The molecule has 1 spiro atoms. The summed E-state index contributed by atoms with van der Waals surface area (Å²) in [6.07, 6.45) is 3.54. The van der Waals surface area contributed by atoms with Crippen molar-refractivity contribution in [2.75, 3.05) is 26.2 Å². The van der Waals surface area contributed by atoms with Crippen molar-refractivity contribution in [3.8, 4) is 5.75 Å². The molecule has 2 saturated heterocycles. The predicted octanol–water partition coefficient (Wildman–Crippen LogP) is 3.11. The molecule has 5 heteroatoms. The van der Waals surface area contributed by atoms with Gasteiger partial charge in [-0.2, -0.15) is 0 Å². The molecular formula is C18H27ClN2O2. The Morgan fingerprint density at radius 3 is 2.52 bits per heavy atom. The molecule has 3 rings (SSSR count). The van der Waals surface area contributed by atoms with Gasteiger partial charge in [-0.25, -0.2) is 0 Å². The summed E-state index contributed by atoms with van der Waals surface area (Å²) in [5, 5.41) is 3.47. The normalized spacial score (nSPS) is 19.7. The summed E-state index contributed by atoms with van der Waals surface area (Å²) < 4.78 is 5.79. The highest BCUT2D eigenvalue weighted by Crippen LogP contribution is 2.37. The van der Waals surface area contributed by atoms with Gasteiger partial charge in [0, 0.05) is 19.6 Å². The Morgan fingerprint density at radius 2 is 1.91 bits per heavy atom. The van der Waals surface area contributed by atoms with Crippen molar-refractivity contribution < 1.29 is 9.53 Å². The van der Waals surface area contributed by atoms with Crippen molar-refractivity contribution in [2.45, 2.75) is 39.2 Å². The monoisotopic (exact) mass is 338 g/mol. The van der Waals surface area contributed by atoms with Gasteiger partial charge in [-0.3, -0.25) is 4.79 Å². The van der Waals surface area contributed by atoms with Crippen LogP contribution in [0.15, 0.2) is 24.3 Å². The Labute approximate surface area is 145 Å². The van der Waals surface area contributed by atoms with E-state index in [4.69, 9.17) is 4.74 Å². The summed E-state index contributed by atoms with van der Waals surface area (Å²) in [6.45, 7) is 7.92. The van der Waals surface area contributed by atoms with E-state index in [1.54, 1.807) is 0 Å². The molecule has 0 saturated carbocycles. The number of benzene rings is 1. The zero-order valence-corrected chi connectivity index (χ0v) is 14.8. The second-order valence-corrected chi connectivity index (χ2v) is 6.88. The molecule has 1 N–H and O–H groups in total. The van der Waals surface area contributed by atoms with E-state index in [9.17, 15) is 4.79 Å². The van der Waals surface area contributed by atoms with E-state index >= 15 is 0 Å². The number of halogens is 1. The first-order valence-electron chi connectivity index (χ1n) is 8.35. The molecule has 0 aromatic heterocycles. The summed E-state index contributed by atoms with van der Waals surface area (Å²) in [4.78, 5) is 14.8. The van der Waals surface area contributed by atoms with Crippen LogP contribution in [-0.4, -0.2) is 43.1 Å². The Morgan fingerprint density at radius 1 is 1.22 bits per heavy atom. The molecule has 0 unspecified atom stereocenters. The van der Waals surface area contributed by atoms with E-state index in [-0.39, 0.29) is 24.4 Å². The van der Waals surface area contributed by atoms with E-state index in [0.717, 1.165) is 39.0 Å². The third kappa shape index (κ3) is 3.99. The van der Waals surface area contributed by atoms with Crippen LogP contribution in [0.1, 0.15) is 43.5 Å². The summed E-state index contributed by atoms with van der Waals surface area (Å²) in [5.74, 6) is 0.808. The fourth-order valence-electron chi connectivity index (χ4n) is 3.58. The number of para-hydroxylation sites is 1. The Bertz CT molecular complexity index is 532. The summed E-state index contributed by atoms with van der Waals surface area (Å²) in [7, 11) is 0. The molecule has 128 valence electrons. The number of hydrogen-bond donors (Lipinski definition) is 1. The minimum absolute atomic E-state index is 0. The molecule has 2 fully saturated rings. The van der Waals surface area contributed by atoms with Crippen molar-refractivity contribution >= 4 is 18.3 Å². The van der Waals surface area contributed by atoms with Crippen molar-refractivity contribution in [1.29, 1.82) is 0 Å². The number of likely N-dealkylation sites (tertiary alicyclic amines) is 1. The largest absolute Gasteiger partial charge is 0.490 e. The summed E-state index contributed by atoms with van der Waals surface area (Å²) in [6, 6.07) is 7.59. The second kappa shape index (κ2) is 7.54. The van der Waals surface area contributed by atoms with Gasteiger partial charge >= 0.3 is 0 Å². The van der Waals surface area contributed by atoms with Gasteiger partial charge in [0.25, 0.3) is 5.91 Å². The van der Waals surface area contributed by atoms with E-state index in [0.29, 0.717) is 16.7 Å². The zero-order valence-electron chi connectivity index (χ0n) is 14.0. The molecule has 4 nitrogen and oxygen atoms in total.